The molecule has 1 aliphatic heterocycles. The van der Waals surface area contributed by atoms with E-state index in [0.29, 0.717) is 23.9 Å². The number of ether oxygens (including phenoxy) is 1. The number of hydrogen-bond acceptors (Lipinski definition) is 6. The highest BCUT2D eigenvalue weighted by molar-refractivity contribution is 6.04. The third-order valence-electron chi connectivity index (χ3n) is 6.64. The number of hydrogen-bond donors (Lipinski definition) is 1. The Labute approximate surface area is 217 Å². The normalized spacial score (nSPS) is 12.5. The molecular formula is C30H32N4O3. The minimum Gasteiger partial charge on any atom is -0.493 e. The van der Waals surface area contributed by atoms with Gasteiger partial charge < -0.3 is 19.5 Å². The molecule has 0 saturated carbocycles. The molecule has 0 saturated heterocycles. The van der Waals surface area contributed by atoms with Crippen molar-refractivity contribution in [2.45, 2.75) is 33.1 Å². The van der Waals surface area contributed by atoms with E-state index < -0.39 is 0 Å². The molecule has 0 aliphatic carbocycles. The lowest BCUT2D eigenvalue weighted by atomic mass is 9.97. The van der Waals surface area contributed by atoms with Crippen LogP contribution in [0.4, 0.5) is 5.69 Å². The Kier molecular flexibility index (Phi) is 7.06. The summed E-state index contributed by atoms with van der Waals surface area (Å²) in [6.45, 7) is 5.54. The zero-order valence-corrected chi connectivity index (χ0v) is 21.8. The van der Waals surface area contributed by atoms with Gasteiger partial charge in [0.25, 0.3) is 5.91 Å². The number of rotatable bonds is 8. The maximum Gasteiger partial charge on any atom is 0.255 e. The molecule has 1 aromatic heterocycles. The van der Waals surface area contributed by atoms with Crippen LogP contribution < -0.4 is 10.1 Å². The molecule has 1 amide bonds. The molecule has 3 aromatic carbocycles. The maximum absolute atomic E-state index is 13.1. The Morgan fingerprint density at radius 3 is 2.51 bits per heavy atom. The lowest BCUT2D eigenvalue weighted by Gasteiger charge is -2.14. The monoisotopic (exact) mass is 496 g/mol. The number of carbonyl (C=O) groups excluding carboxylic acids is 1. The van der Waals surface area contributed by atoms with Crippen molar-refractivity contribution >= 4 is 11.6 Å². The average molecular weight is 497 g/mol. The molecule has 2 heterocycles. The van der Waals surface area contributed by atoms with Gasteiger partial charge in [0.2, 0.25) is 11.7 Å². The van der Waals surface area contributed by atoms with Crippen LogP contribution in [-0.2, 0) is 12.8 Å². The van der Waals surface area contributed by atoms with Crippen LogP contribution >= 0.6 is 0 Å². The number of fused-ring (bicyclic) bond motifs is 1. The number of nitrogens with one attached hydrogen (secondary N) is 1. The number of amides is 1. The van der Waals surface area contributed by atoms with Gasteiger partial charge in [0.05, 0.1) is 6.61 Å². The third kappa shape index (κ3) is 5.57. The van der Waals surface area contributed by atoms with Crippen LogP contribution in [0.1, 0.15) is 39.4 Å². The van der Waals surface area contributed by atoms with Gasteiger partial charge in [-0.1, -0.05) is 29.4 Å². The molecule has 0 spiro atoms. The van der Waals surface area contributed by atoms with Crippen LogP contribution in [0.2, 0.25) is 0 Å². The van der Waals surface area contributed by atoms with Gasteiger partial charge in [0, 0.05) is 30.2 Å². The minimum atomic E-state index is -0.121. The Morgan fingerprint density at radius 2 is 1.81 bits per heavy atom. The first kappa shape index (κ1) is 24.7. The SMILES string of the molecule is Cc1nc(-c2ccc(-c3ccc(C(=O)Nc4cc(CCCN(C)C)c5c(c4)CCO5)cc3)c(C)c2)no1. The smallest absolute Gasteiger partial charge is 0.255 e. The summed E-state index contributed by atoms with van der Waals surface area (Å²) in [6.07, 6.45) is 2.83. The van der Waals surface area contributed by atoms with E-state index in [0.717, 1.165) is 65.1 Å². The molecule has 37 heavy (non-hydrogen) atoms. The standard InChI is InChI=1S/C30H32N4O3/c1-19-16-25(29-31-20(2)37-33-29)11-12-27(19)21-7-9-22(10-8-21)30(35)32-26-17-23(6-5-14-34(3)4)28-24(18-26)13-15-36-28/h7-12,16-18H,5-6,13-15H2,1-4H3,(H,32,35). The Bertz CT molecular complexity index is 1420. The van der Waals surface area contributed by atoms with Crippen molar-refractivity contribution in [1.82, 2.24) is 15.0 Å². The summed E-state index contributed by atoms with van der Waals surface area (Å²) in [5.74, 6) is 2.00. The Morgan fingerprint density at radius 1 is 1.03 bits per heavy atom. The van der Waals surface area contributed by atoms with E-state index in [4.69, 9.17) is 9.26 Å². The van der Waals surface area contributed by atoms with Crippen molar-refractivity contribution in [3.63, 3.8) is 0 Å². The summed E-state index contributed by atoms with van der Waals surface area (Å²) in [4.78, 5) is 19.6. The molecule has 0 radical (unpaired) electrons. The van der Waals surface area contributed by atoms with Crippen molar-refractivity contribution < 1.29 is 14.1 Å². The van der Waals surface area contributed by atoms with Crippen LogP contribution in [0.15, 0.2) is 59.1 Å². The molecule has 1 N–H and O–H groups in total. The second kappa shape index (κ2) is 10.6. The van der Waals surface area contributed by atoms with Gasteiger partial charge in [-0.2, -0.15) is 4.98 Å². The van der Waals surface area contributed by atoms with Gasteiger partial charge >= 0.3 is 0 Å². The molecule has 7 heteroatoms. The number of nitrogens with zero attached hydrogens (tertiary/aromatic N) is 3. The van der Waals surface area contributed by atoms with Crippen LogP contribution in [0.25, 0.3) is 22.5 Å². The number of aromatic nitrogens is 2. The van der Waals surface area contributed by atoms with Gasteiger partial charge in [-0.05, 0) is 98.6 Å². The zero-order valence-electron chi connectivity index (χ0n) is 21.8. The highest BCUT2D eigenvalue weighted by Crippen LogP contribution is 2.34. The van der Waals surface area contributed by atoms with Crippen molar-refractivity contribution in [3.05, 3.63) is 82.7 Å². The minimum absolute atomic E-state index is 0.121. The van der Waals surface area contributed by atoms with Crippen molar-refractivity contribution in [1.29, 1.82) is 0 Å². The van der Waals surface area contributed by atoms with E-state index in [2.05, 4.69) is 53.5 Å². The van der Waals surface area contributed by atoms with E-state index in [1.807, 2.05) is 42.5 Å². The predicted molar refractivity (Wildman–Crippen MR) is 145 cm³/mol. The Balaban J connectivity index is 1.30. The van der Waals surface area contributed by atoms with Gasteiger partial charge in [-0.25, -0.2) is 0 Å². The first-order chi connectivity index (χ1) is 17.9. The highest BCUT2D eigenvalue weighted by Gasteiger charge is 2.19. The topological polar surface area (TPSA) is 80.5 Å². The first-order valence-electron chi connectivity index (χ1n) is 12.6. The number of benzene rings is 3. The molecule has 7 nitrogen and oxygen atoms in total. The second-order valence-electron chi connectivity index (χ2n) is 9.83. The fraction of sp³-hybridized carbons (Fsp3) is 0.300. The van der Waals surface area contributed by atoms with E-state index >= 15 is 0 Å². The lowest BCUT2D eigenvalue weighted by molar-refractivity contribution is 0.102. The molecule has 190 valence electrons. The first-order valence-corrected chi connectivity index (χ1v) is 12.6. The van der Waals surface area contributed by atoms with E-state index in [-0.39, 0.29) is 5.91 Å². The molecule has 1 aliphatic rings. The quantitative estimate of drug-likeness (QED) is 0.337. The molecule has 0 bridgehead atoms. The third-order valence-corrected chi connectivity index (χ3v) is 6.64. The average Bonchev–Trinajstić information content (AvgIpc) is 3.53. The molecular weight excluding hydrogens is 464 g/mol. The van der Waals surface area contributed by atoms with E-state index in [1.54, 1.807) is 6.92 Å². The molecule has 0 atom stereocenters. The highest BCUT2D eigenvalue weighted by atomic mass is 16.5. The summed E-state index contributed by atoms with van der Waals surface area (Å²) in [7, 11) is 4.16. The fourth-order valence-corrected chi connectivity index (χ4v) is 4.78. The van der Waals surface area contributed by atoms with Crippen molar-refractivity contribution in [3.8, 4) is 28.3 Å². The van der Waals surface area contributed by atoms with Gasteiger partial charge in [-0.15, -0.1) is 0 Å². The molecule has 0 unspecified atom stereocenters. The Hall–Kier alpha value is -3.97. The number of carbonyl (C=O) groups is 1. The van der Waals surface area contributed by atoms with Crippen molar-refractivity contribution in [2.24, 2.45) is 0 Å². The van der Waals surface area contributed by atoms with E-state index in [9.17, 15) is 4.79 Å². The summed E-state index contributed by atoms with van der Waals surface area (Å²) < 4.78 is 11.0. The van der Waals surface area contributed by atoms with E-state index in [1.165, 1.54) is 5.56 Å². The summed E-state index contributed by atoms with van der Waals surface area (Å²) in [5, 5.41) is 7.10. The molecule has 5 rings (SSSR count). The fourth-order valence-electron chi connectivity index (χ4n) is 4.78. The maximum atomic E-state index is 13.1. The zero-order chi connectivity index (χ0) is 25.9. The molecule has 4 aromatic rings. The van der Waals surface area contributed by atoms with Crippen LogP contribution in [0, 0.1) is 13.8 Å². The molecule has 0 fully saturated rings. The van der Waals surface area contributed by atoms with Crippen LogP contribution in [0.5, 0.6) is 5.75 Å². The lowest BCUT2D eigenvalue weighted by Crippen LogP contribution is -2.14. The largest absolute Gasteiger partial charge is 0.493 e. The van der Waals surface area contributed by atoms with Crippen LogP contribution in [-0.4, -0.2) is 48.2 Å². The summed E-state index contributed by atoms with van der Waals surface area (Å²) >= 11 is 0. The second-order valence-corrected chi connectivity index (χ2v) is 9.83. The van der Waals surface area contributed by atoms with Crippen molar-refractivity contribution in [2.75, 3.05) is 32.6 Å². The number of aryl methyl sites for hydroxylation is 3. The van der Waals surface area contributed by atoms with Gasteiger partial charge in [0.15, 0.2) is 0 Å². The van der Waals surface area contributed by atoms with Gasteiger partial charge in [-0.3, -0.25) is 4.79 Å². The summed E-state index contributed by atoms with van der Waals surface area (Å²) in [6, 6.07) is 17.9. The summed E-state index contributed by atoms with van der Waals surface area (Å²) in [5.41, 5.74) is 7.92. The van der Waals surface area contributed by atoms with Crippen LogP contribution in [0.3, 0.4) is 0 Å². The number of anilines is 1. The predicted octanol–water partition coefficient (Wildman–Crippen LogP) is 5.70. The van der Waals surface area contributed by atoms with Gasteiger partial charge in [0.1, 0.15) is 5.75 Å².